The standard InChI is InChI=1S/C28H37N5O4S/c1-27(9-10-27)38(36,37)31-20-7-8-22(23(18-20)32-16-13-28(11-12-28)14-17-32)26(35)30-24-5-2-6-25(29-24)33-15-3-4-21(34)19-33/h2,5-8,18,21,31,34H,3-4,9-17,19H2,1H3,(H,29,30,35)/t21-/m1/s1. The number of rotatable bonds is 7. The number of piperidine rings is 2. The molecule has 10 heteroatoms. The monoisotopic (exact) mass is 539 g/mol. The second-order valence-corrected chi connectivity index (χ2v) is 14.0. The number of hydrogen-bond donors (Lipinski definition) is 3. The summed E-state index contributed by atoms with van der Waals surface area (Å²) in [6.07, 6.45) is 7.38. The minimum Gasteiger partial charge on any atom is -0.391 e. The molecule has 1 atom stereocenters. The third kappa shape index (κ3) is 5.08. The van der Waals surface area contributed by atoms with Crippen molar-refractivity contribution in [2.45, 2.75) is 69.1 Å². The summed E-state index contributed by atoms with van der Waals surface area (Å²) in [6, 6.07) is 10.7. The van der Waals surface area contributed by atoms with E-state index in [-0.39, 0.29) is 12.0 Å². The summed E-state index contributed by atoms with van der Waals surface area (Å²) in [5, 5.41) is 13.0. The van der Waals surface area contributed by atoms with Crippen LogP contribution in [-0.4, -0.2) is 61.4 Å². The third-order valence-electron chi connectivity index (χ3n) is 8.92. The maximum Gasteiger partial charge on any atom is 0.258 e. The fourth-order valence-electron chi connectivity index (χ4n) is 5.69. The van der Waals surface area contributed by atoms with E-state index in [1.54, 1.807) is 25.1 Å². The number of aliphatic hydroxyl groups is 1. The van der Waals surface area contributed by atoms with Crippen LogP contribution in [0.2, 0.25) is 0 Å². The Hall–Kier alpha value is -2.85. The van der Waals surface area contributed by atoms with E-state index in [1.165, 1.54) is 12.8 Å². The van der Waals surface area contributed by atoms with Crippen molar-refractivity contribution in [2.24, 2.45) is 5.41 Å². The lowest BCUT2D eigenvalue weighted by molar-refractivity contribution is 0.102. The van der Waals surface area contributed by atoms with Crippen molar-refractivity contribution in [3.05, 3.63) is 42.0 Å². The number of benzene rings is 1. The number of nitrogens with zero attached hydrogens (tertiary/aromatic N) is 3. The van der Waals surface area contributed by atoms with Crippen LogP contribution in [0.15, 0.2) is 36.4 Å². The first-order valence-corrected chi connectivity index (χ1v) is 15.3. The van der Waals surface area contributed by atoms with E-state index in [2.05, 4.69) is 19.9 Å². The second kappa shape index (κ2) is 9.41. The topological polar surface area (TPSA) is 115 Å². The Labute approximate surface area is 224 Å². The minimum absolute atomic E-state index is 0.279. The van der Waals surface area contributed by atoms with Gasteiger partial charge in [0.05, 0.1) is 27.8 Å². The Bertz CT molecular complexity index is 1330. The molecule has 2 aliphatic carbocycles. The average molecular weight is 540 g/mol. The third-order valence-corrected chi connectivity index (χ3v) is 11.1. The summed E-state index contributed by atoms with van der Waals surface area (Å²) in [5.74, 6) is 0.894. The van der Waals surface area contributed by atoms with Crippen molar-refractivity contribution in [3.63, 3.8) is 0 Å². The zero-order valence-corrected chi connectivity index (χ0v) is 22.8. The van der Waals surface area contributed by atoms with E-state index in [9.17, 15) is 18.3 Å². The Balaban J connectivity index is 1.25. The van der Waals surface area contributed by atoms with E-state index < -0.39 is 14.8 Å². The van der Waals surface area contributed by atoms with Gasteiger partial charge >= 0.3 is 0 Å². The molecule has 4 aliphatic rings. The number of hydrogen-bond acceptors (Lipinski definition) is 7. The van der Waals surface area contributed by atoms with Gasteiger partial charge in [0.15, 0.2) is 0 Å². The van der Waals surface area contributed by atoms with Crippen LogP contribution in [-0.2, 0) is 10.0 Å². The van der Waals surface area contributed by atoms with Crippen LogP contribution in [0.5, 0.6) is 0 Å². The second-order valence-electron chi connectivity index (χ2n) is 11.9. The van der Waals surface area contributed by atoms with Gasteiger partial charge in [0.2, 0.25) is 10.0 Å². The highest BCUT2D eigenvalue weighted by molar-refractivity contribution is 7.94. The first-order valence-electron chi connectivity index (χ1n) is 13.8. The zero-order chi connectivity index (χ0) is 26.5. The number of anilines is 4. The highest BCUT2D eigenvalue weighted by Crippen LogP contribution is 2.54. The van der Waals surface area contributed by atoms with E-state index in [4.69, 9.17) is 0 Å². The molecular formula is C28H37N5O4S. The van der Waals surface area contributed by atoms with E-state index in [1.807, 2.05) is 23.1 Å². The minimum atomic E-state index is -3.50. The maximum absolute atomic E-state index is 13.6. The number of nitrogens with one attached hydrogen (secondary N) is 2. The lowest BCUT2D eigenvalue weighted by Crippen LogP contribution is -2.38. The zero-order valence-electron chi connectivity index (χ0n) is 21.9. The lowest BCUT2D eigenvalue weighted by Gasteiger charge is -2.35. The van der Waals surface area contributed by atoms with Gasteiger partial charge in [0, 0.05) is 26.2 Å². The number of sulfonamides is 1. The highest BCUT2D eigenvalue weighted by atomic mass is 32.2. The molecule has 1 spiro atoms. The van der Waals surface area contributed by atoms with Crippen LogP contribution in [0.1, 0.15) is 68.6 Å². The maximum atomic E-state index is 13.6. The van der Waals surface area contributed by atoms with Gasteiger partial charge in [-0.1, -0.05) is 6.07 Å². The van der Waals surface area contributed by atoms with Crippen molar-refractivity contribution >= 4 is 38.9 Å². The predicted molar refractivity (Wildman–Crippen MR) is 149 cm³/mol. The molecule has 38 heavy (non-hydrogen) atoms. The van der Waals surface area contributed by atoms with Gasteiger partial charge in [0.1, 0.15) is 11.6 Å². The summed E-state index contributed by atoms with van der Waals surface area (Å²) < 4.78 is 27.8. The number of β-amino-alcohol motifs (C(OH)–C–C–N with tert-alkyl or cyclic N) is 1. The number of aromatic nitrogens is 1. The molecule has 0 radical (unpaired) electrons. The smallest absolute Gasteiger partial charge is 0.258 e. The van der Waals surface area contributed by atoms with Crippen molar-refractivity contribution in [2.75, 3.05) is 46.0 Å². The molecule has 1 aromatic carbocycles. The molecule has 2 saturated carbocycles. The Kier molecular flexibility index (Phi) is 6.30. The molecule has 3 N–H and O–H groups in total. The van der Waals surface area contributed by atoms with E-state index >= 15 is 0 Å². The SMILES string of the molecule is CC1(S(=O)(=O)Nc2ccc(C(=O)Nc3cccc(N4CCC[C@@H](O)C4)n3)c(N3CCC4(CC3)CC4)c2)CC1. The summed E-state index contributed by atoms with van der Waals surface area (Å²) in [4.78, 5) is 22.5. The molecule has 2 saturated heterocycles. The quantitative estimate of drug-likeness (QED) is 0.488. The molecule has 2 aliphatic heterocycles. The highest BCUT2D eigenvalue weighted by Gasteiger charge is 2.50. The molecular weight excluding hydrogens is 502 g/mol. The van der Waals surface area contributed by atoms with Crippen molar-refractivity contribution in [1.82, 2.24) is 4.98 Å². The summed E-state index contributed by atoms with van der Waals surface area (Å²) in [7, 11) is -3.50. The molecule has 6 rings (SSSR count). The van der Waals surface area contributed by atoms with Gasteiger partial charge < -0.3 is 20.2 Å². The molecule has 4 fully saturated rings. The average Bonchev–Trinajstić information content (AvgIpc) is 3.83. The number of carbonyl (C=O) groups excluding carboxylic acids is 1. The molecule has 1 amide bonds. The van der Waals surface area contributed by atoms with Gasteiger partial charge in [-0.05, 0) is 94.0 Å². The Morgan fingerprint density at radius 2 is 1.79 bits per heavy atom. The van der Waals surface area contributed by atoms with Crippen molar-refractivity contribution < 1.29 is 18.3 Å². The molecule has 0 bridgehead atoms. The largest absolute Gasteiger partial charge is 0.391 e. The van der Waals surface area contributed by atoms with Crippen LogP contribution in [0.4, 0.5) is 23.0 Å². The number of carbonyl (C=O) groups is 1. The number of amides is 1. The molecule has 2 aromatic rings. The van der Waals surface area contributed by atoms with Gasteiger partial charge in [-0.25, -0.2) is 13.4 Å². The summed E-state index contributed by atoms with van der Waals surface area (Å²) in [6.45, 7) is 4.81. The molecule has 9 nitrogen and oxygen atoms in total. The molecule has 1 aromatic heterocycles. The van der Waals surface area contributed by atoms with Crippen LogP contribution in [0.3, 0.4) is 0 Å². The van der Waals surface area contributed by atoms with Crippen LogP contribution in [0, 0.1) is 5.41 Å². The number of aliphatic hydroxyl groups excluding tert-OH is 1. The number of pyridine rings is 1. The van der Waals surface area contributed by atoms with Gasteiger partial charge in [-0.15, -0.1) is 0 Å². The fourth-order valence-corrected chi connectivity index (χ4v) is 7.01. The summed E-state index contributed by atoms with van der Waals surface area (Å²) in [5.41, 5.74) is 2.21. The van der Waals surface area contributed by atoms with Gasteiger partial charge in [-0.2, -0.15) is 0 Å². The fraction of sp³-hybridized carbons (Fsp3) is 0.571. The van der Waals surface area contributed by atoms with Gasteiger partial charge in [-0.3, -0.25) is 9.52 Å². The normalized spacial score (nSPS) is 23.7. The van der Waals surface area contributed by atoms with E-state index in [0.717, 1.165) is 56.8 Å². The first-order chi connectivity index (χ1) is 18.2. The molecule has 3 heterocycles. The van der Waals surface area contributed by atoms with Crippen molar-refractivity contribution in [3.8, 4) is 0 Å². The van der Waals surface area contributed by atoms with Crippen LogP contribution in [0.25, 0.3) is 0 Å². The van der Waals surface area contributed by atoms with Crippen molar-refractivity contribution in [1.29, 1.82) is 0 Å². The lowest BCUT2D eigenvalue weighted by atomic mass is 9.93. The first kappa shape index (κ1) is 25.4. The van der Waals surface area contributed by atoms with Crippen LogP contribution >= 0.6 is 0 Å². The van der Waals surface area contributed by atoms with E-state index in [0.29, 0.717) is 41.9 Å². The predicted octanol–water partition coefficient (Wildman–Crippen LogP) is 3.97. The Morgan fingerprint density at radius 3 is 2.47 bits per heavy atom. The van der Waals surface area contributed by atoms with Crippen LogP contribution < -0.4 is 19.8 Å². The molecule has 204 valence electrons. The Morgan fingerprint density at radius 1 is 1.03 bits per heavy atom. The molecule has 0 unspecified atom stereocenters. The van der Waals surface area contributed by atoms with Gasteiger partial charge in [0.25, 0.3) is 5.91 Å². The summed E-state index contributed by atoms with van der Waals surface area (Å²) >= 11 is 0.